The number of nitrogens with one attached hydrogen (secondary N) is 1. The third-order valence-electron chi connectivity index (χ3n) is 3.60. The molecule has 4 nitrogen and oxygen atoms in total. The first-order valence-corrected chi connectivity index (χ1v) is 7.28. The summed E-state index contributed by atoms with van der Waals surface area (Å²) < 4.78 is 14.9. The summed E-state index contributed by atoms with van der Waals surface area (Å²) in [6.45, 7) is 2.11. The number of hydrogen-bond acceptors (Lipinski definition) is 2. The normalized spacial score (nSPS) is 10.5. The van der Waals surface area contributed by atoms with E-state index in [2.05, 4.69) is 10.4 Å². The highest BCUT2D eigenvalue weighted by molar-refractivity contribution is 5.95. The van der Waals surface area contributed by atoms with Crippen LogP contribution >= 0.6 is 0 Å². The Balaban J connectivity index is 1.75. The molecular weight excluding hydrogens is 293 g/mol. The van der Waals surface area contributed by atoms with E-state index in [4.69, 9.17) is 0 Å². The summed E-state index contributed by atoms with van der Waals surface area (Å²) >= 11 is 0. The van der Waals surface area contributed by atoms with Gasteiger partial charge in [-0.3, -0.25) is 4.79 Å². The van der Waals surface area contributed by atoms with Crippen LogP contribution in [-0.4, -0.2) is 15.7 Å². The van der Waals surface area contributed by atoms with Gasteiger partial charge < -0.3 is 5.32 Å². The van der Waals surface area contributed by atoms with Crippen molar-refractivity contribution in [3.63, 3.8) is 0 Å². The van der Waals surface area contributed by atoms with E-state index in [-0.39, 0.29) is 18.3 Å². The number of aromatic nitrogens is 2. The van der Waals surface area contributed by atoms with E-state index in [1.54, 1.807) is 23.0 Å². The van der Waals surface area contributed by atoms with Gasteiger partial charge in [0.1, 0.15) is 5.82 Å². The highest BCUT2D eigenvalue weighted by atomic mass is 19.1. The molecular formula is C18H16FN3O. The van der Waals surface area contributed by atoms with Gasteiger partial charge in [-0.15, -0.1) is 0 Å². The minimum absolute atomic E-state index is 0.228. The van der Waals surface area contributed by atoms with Gasteiger partial charge in [0, 0.05) is 6.54 Å². The molecule has 1 N–H and O–H groups in total. The molecule has 0 atom stereocenters. The molecule has 0 unspecified atom stereocenters. The van der Waals surface area contributed by atoms with Gasteiger partial charge in [0.2, 0.25) is 0 Å². The van der Waals surface area contributed by atoms with Gasteiger partial charge >= 0.3 is 0 Å². The Labute approximate surface area is 133 Å². The predicted molar refractivity (Wildman–Crippen MR) is 85.9 cm³/mol. The van der Waals surface area contributed by atoms with E-state index < -0.39 is 0 Å². The molecule has 116 valence electrons. The lowest BCUT2D eigenvalue weighted by Crippen LogP contribution is -2.23. The largest absolute Gasteiger partial charge is 0.348 e. The molecule has 0 radical (unpaired) electrons. The van der Waals surface area contributed by atoms with Crippen LogP contribution in [0.15, 0.2) is 60.8 Å². The summed E-state index contributed by atoms with van der Waals surface area (Å²) in [7, 11) is 0. The van der Waals surface area contributed by atoms with E-state index >= 15 is 0 Å². The van der Waals surface area contributed by atoms with Crippen LogP contribution in [0.3, 0.4) is 0 Å². The maximum absolute atomic E-state index is 13.1. The van der Waals surface area contributed by atoms with Crippen molar-refractivity contribution in [3.8, 4) is 5.69 Å². The average molecular weight is 309 g/mol. The van der Waals surface area contributed by atoms with Crippen molar-refractivity contribution in [2.45, 2.75) is 13.5 Å². The van der Waals surface area contributed by atoms with Gasteiger partial charge in [0.05, 0.1) is 23.1 Å². The molecule has 1 heterocycles. The van der Waals surface area contributed by atoms with E-state index in [0.29, 0.717) is 11.1 Å². The summed E-state index contributed by atoms with van der Waals surface area (Å²) in [4.78, 5) is 12.3. The van der Waals surface area contributed by atoms with Crippen LogP contribution in [0.4, 0.5) is 4.39 Å². The topological polar surface area (TPSA) is 46.9 Å². The standard InChI is InChI=1S/C18H16FN3O/c1-13-17(12-21-22(13)16-8-3-2-4-9-16)18(23)20-11-14-6-5-7-15(19)10-14/h2-10,12H,11H2,1H3,(H,20,23). The average Bonchev–Trinajstić information content (AvgIpc) is 2.95. The fourth-order valence-electron chi connectivity index (χ4n) is 2.39. The fourth-order valence-corrected chi connectivity index (χ4v) is 2.39. The smallest absolute Gasteiger partial charge is 0.255 e. The van der Waals surface area contributed by atoms with Crippen molar-refractivity contribution in [1.29, 1.82) is 0 Å². The molecule has 0 saturated carbocycles. The molecule has 0 aliphatic rings. The number of hydrogen-bond donors (Lipinski definition) is 1. The highest BCUT2D eigenvalue weighted by Crippen LogP contribution is 2.14. The third-order valence-corrected chi connectivity index (χ3v) is 3.60. The van der Waals surface area contributed by atoms with Crippen molar-refractivity contribution in [1.82, 2.24) is 15.1 Å². The van der Waals surface area contributed by atoms with Crippen molar-refractivity contribution < 1.29 is 9.18 Å². The maximum Gasteiger partial charge on any atom is 0.255 e. The third kappa shape index (κ3) is 3.29. The van der Waals surface area contributed by atoms with Crippen molar-refractivity contribution in [3.05, 3.63) is 83.4 Å². The van der Waals surface area contributed by atoms with Crippen LogP contribution in [0.25, 0.3) is 5.69 Å². The summed E-state index contributed by atoms with van der Waals surface area (Å²) in [6.07, 6.45) is 1.54. The Morgan fingerprint density at radius 3 is 2.70 bits per heavy atom. The molecule has 0 fully saturated rings. The van der Waals surface area contributed by atoms with E-state index in [1.165, 1.54) is 12.1 Å². The Morgan fingerprint density at radius 1 is 1.17 bits per heavy atom. The van der Waals surface area contributed by atoms with Gasteiger partial charge in [-0.1, -0.05) is 30.3 Å². The minimum atomic E-state index is -0.315. The van der Waals surface area contributed by atoms with Crippen LogP contribution in [0.1, 0.15) is 21.6 Å². The molecule has 1 aromatic heterocycles. The second kappa shape index (κ2) is 6.44. The lowest BCUT2D eigenvalue weighted by Gasteiger charge is -2.07. The molecule has 3 rings (SSSR count). The van der Waals surface area contributed by atoms with Gasteiger partial charge in [-0.25, -0.2) is 9.07 Å². The lowest BCUT2D eigenvalue weighted by atomic mass is 10.2. The molecule has 0 bridgehead atoms. The van der Waals surface area contributed by atoms with Crippen molar-refractivity contribution >= 4 is 5.91 Å². The summed E-state index contributed by atoms with van der Waals surface area (Å²) in [5.41, 5.74) is 2.87. The van der Waals surface area contributed by atoms with Crippen LogP contribution < -0.4 is 5.32 Å². The number of amides is 1. The first kappa shape index (κ1) is 15.0. The fraction of sp³-hybridized carbons (Fsp3) is 0.111. The molecule has 1 amide bonds. The summed E-state index contributed by atoms with van der Waals surface area (Å²) in [5, 5.41) is 7.06. The Kier molecular flexibility index (Phi) is 4.19. The second-order valence-electron chi connectivity index (χ2n) is 5.20. The Hall–Kier alpha value is -2.95. The Bertz CT molecular complexity index is 827. The minimum Gasteiger partial charge on any atom is -0.348 e. The molecule has 0 aliphatic heterocycles. The highest BCUT2D eigenvalue weighted by Gasteiger charge is 2.14. The van der Waals surface area contributed by atoms with Crippen LogP contribution in [0.5, 0.6) is 0 Å². The van der Waals surface area contributed by atoms with Gasteiger partial charge in [0.15, 0.2) is 0 Å². The quantitative estimate of drug-likeness (QED) is 0.804. The molecule has 3 aromatic rings. The van der Waals surface area contributed by atoms with Crippen LogP contribution in [0, 0.1) is 12.7 Å². The monoisotopic (exact) mass is 309 g/mol. The number of rotatable bonds is 4. The maximum atomic E-state index is 13.1. The molecule has 2 aromatic carbocycles. The SMILES string of the molecule is Cc1c(C(=O)NCc2cccc(F)c2)cnn1-c1ccccc1. The lowest BCUT2D eigenvalue weighted by molar-refractivity contribution is 0.0950. The zero-order chi connectivity index (χ0) is 16.2. The van der Waals surface area contributed by atoms with Crippen molar-refractivity contribution in [2.75, 3.05) is 0 Å². The number of carbonyl (C=O) groups excluding carboxylic acids is 1. The first-order valence-electron chi connectivity index (χ1n) is 7.28. The van der Waals surface area contributed by atoms with Crippen LogP contribution in [0.2, 0.25) is 0 Å². The summed E-state index contributed by atoms with van der Waals surface area (Å²) in [6, 6.07) is 15.8. The van der Waals surface area contributed by atoms with Crippen molar-refractivity contribution in [2.24, 2.45) is 0 Å². The second-order valence-corrected chi connectivity index (χ2v) is 5.20. The Morgan fingerprint density at radius 2 is 1.96 bits per heavy atom. The number of nitrogens with zero attached hydrogens (tertiary/aromatic N) is 2. The number of carbonyl (C=O) groups is 1. The predicted octanol–water partition coefficient (Wildman–Crippen LogP) is 3.25. The molecule has 0 spiro atoms. The molecule has 0 saturated heterocycles. The molecule has 0 aliphatic carbocycles. The number of para-hydroxylation sites is 1. The van der Waals surface area contributed by atoms with Gasteiger partial charge in [-0.2, -0.15) is 5.10 Å². The van der Waals surface area contributed by atoms with Gasteiger partial charge in [0.25, 0.3) is 5.91 Å². The zero-order valence-corrected chi connectivity index (χ0v) is 12.7. The zero-order valence-electron chi connectivity index (χ0n) is 12.7. The summed E-state index contributed by atoms with van der Waals surface area (Å²) in [5.74, 6) is -0.543. The van der Waals surface area contributed by atoms with E-state index in [1.807, 2.05) is 37.3 Å². The van der Waals surface area contributed by atoms with E-state index in [0.717, 1.165) is 11.4 Å². The van der Waals surface area contributed by atoms with Crippen LogP contribution in [-0.2, 0) is 6.54 Å². The molecule has 23 heavy (non-hydrogen) atoms. The van der Waals surface area contributed by atoms with Gasteiger partial charge in [-0.05, 0) is 36.8 Å². The number of halogens is 1. The van der Waals surface area contributed by atoms with E-state index in [9.17, 15) is 9.18 Å². The molecule has 5 heteroatoms. The number of benzene rings is 2. The first-order chi connectivity index (χ1) is 11.1.